The second-order valence-electron chi connectivity index (χ2n) is 8.31. The van der Waals surface area contributed by atoms with Gasteiger partial charge in [-0.05, 0) is 38.1 Å². The van der Waals surface area contributed by atoms with E-state index < -0.39 is 29.7 Å². The molecule has 1 unspecified atom stereocenters. The summed E-state index contributed by atoms with van der Waals surface area (Å²) in [5.74, 6) is -5.16. The molecule has 11 heteroatoms. The van der Waals surface area contributed by atoms with Crippen molar-refractivity contribution in [2.24, 2.45) is 5.73 Å². The maximum atomic E-state index is 14.8. The summed E-state index contributed by atoms with van der Waals surface area (Å²) in [6.45, 7) is 0. The molecule has 2 aliphatic rings. The summed E-state index contributed by atoms with van der Waals surface area (Å²) in [7, 11) is 3.09. The van der Waals surface area contributed by atoms with Crippen molar-refractivity contribution >= 4 is 34.8 Å². The molecule has 2 atom stereocenters. The van der Waals surface area contributed by atoms with Crippen LogP contribution < -0.4 is 26.6 Å². The number of carbonyl (C=O) groups is 2. The fraction of sp³-hybridized carbons (Fsp3) is 0.409. The van der Waals surface area contributed by atoms with Gasteiger partial charge in [-0.15, -0.1) is 0 Å². The maximum Gasteiger partial charge on any atom is 0.265 e. The van der Waals surface area contributed by atoms with Crippen molar-refractivity contribution in [1.82, 2.24) is 10.3 Å². The molecule has 2 amide bonds. The van der Waals surface area contributed by atoms with Crippen LogP contribution in [0.4, 0.5) is 36.2 Å². The Labute approximate surface area is 188 Å². The zero-order valence-electron chi connectivity index (χ0n) is 18.2. The van der Waals surface area contributed by atoms with Crippen molar-refractivity contribution in [3.63, 3.8) is 0 Å². The summed E-state index contributed by atoms with van der Waals surface area (Å²) >= 11 is 0. The zero-order chi connectivity index (χ0) is 23.9. The number of nitrogens with two attached hydrogens (primary N) is 1. The molecule has 1 aromatic carbocycles. The van der Waals surface area contributed by atoms with E-state index in [0.717, 1.165) is 6.07 Å². The molecule has 176 valence electrons. The smallest absolute Gasteiger partial charge is 0.265 e. The number of primary amides is 1. The van der Waals surface area contributed by atoms with Gasteiger partial charge in [-0.25, -0.2) is 18.2 Å². The molecule has 2 aromatic rings. The van der Waals surface area contributed by atoms with Gasteiger partial charge in [0.15, 0.2) is 11.6 Å². The lowest BCUT2D eigenvalue weighted by molar-refractivity contribution is -0.117. The summed E-state index contributed by atoms with van der Waals surface area (Å²) in [5.41, 5.74) is 7.14. The molecule has 5 N–H and O–H groups in total. The molecular formula is C22H25F3N6O2. The number of anilines is 4. The summed E-state index contributed by atoms with van der Waals surface area (Å²) in [4.78, 5) is 29.8. The molecule has 0 bridgehead atoms. The number of benzene rings is 1. The summed E-state index contributed by atoms with van der Waals surface area (Å²) < 4.78 is 43.5. The van der Waals surface area contributed by atoms with Crippen LogP contribution in [0.5, 0.6) is 0 Å². The number of fused-ring (bicyclic) bond motifs is 1. The van der Waals surface area contributed by atoms with Gasteiger partial charge in [-0.2, -0.15) is 0 Å². The summed E-state index contributed by atoms with van der Waals surface area (Å²) in [6.07, 6.45) is 0.552. The van der Waals surface area contributed by atoms with Crippen LogP contribution in [0.3, 0.4) is 0 Å². The van der Waals surface area contributed by atoms with Gasteiger partial charge in [0.1, 0.15) is 5.82 Å². The van der Waals surface area contributed by atoms with Gasteiger partial charge in [-0.1, -0.05) is 6.07 Å². The van der Waals surface area contributed by atoms with Crippen molar-refractivity contribution in [3.8, 4) is 0 Å². The van der Waals surface area contributed by atoms with E-state index in [-0.39, 0.29) is 42.4 Å². The van der Waals surface area contributed by atoms with Crippen molar-refractivity contribution in [2.75, 3.05) is 29.6 Å². The van der Waals surface area contributed by atoms with Crippen LogP contribution in [0.1, 0.15) is 35.2 Å². The first-order chi connectivity index (χ1) is 15.6. The SMILES string of the molecule is CN[C@@H]1C(Nc2nc(Nc3cccc4c3CC(=O)N4C)c(C(N)=O)cc2F)CCCC1(F)F. The minimum absolute atomic E-state index is 0.0367. The van der Waals surface area contributed by atoms with Crippen molar-refractivity contribution in [3.05, 3.63) is 41.2 Å². The van der Waals surface area contributed by atoms with E-state index >= 15 is 0 Å². The molecule has 2 heterocycles. The van der Waals surface area contributed by atoms with E-state index in [1.165, 1.54) is 11.9 Å². The summed E-state index contributed by atoms with van der Waals surface area (Å²) in [5, 5.41) is 8.38. The first-order valence-corrected chi connectivity index (χ1v) is 10.6. The Morgan fingerprint density at radius 3 is 2.76 bits per heavy atom. The molecular weight excluding hydrogens is 437 g/mol. The van der Waals surface area contributed by atoms with E-state index in [2.05, 4.69) is 20.9 Å². The van der Waals surface area contributed by atoms with Gasteiger partial charge in [0, 0.05) is 36.4 Å². The van der Waals surface area contributed by atoms with Crippen molar-refractivity contribution in [2.45, 2.75) is 43.7 Å². The average Bonchev–Trinajstić information content (AvgIpc) is 3.04. The third-order valence-corrected chi connectivity index (χ3v) is 6.23. The standard InChI is InChI=1S/C22H25F3N6O2/c1-27-18-15(6-4-8-22(18,24)25)29-21-13(23)9-12(19(26)33)20(30-21)28-14-5-3-7-16-11(14)10-17(32)31(16)2/h3,5,7,9,15,18,27H,4,6,8,10H2,1-2H3,(H2,26,33)(H2,28,29,30)/t15?,18-/m1/s1. The predicted octanol–water partition coefficient (Wildman–Crippen LogP) is 2.77. The highest BCUT2D eigenvalue weighted by molar-refractivity contribution is 6.04. The lowest BCUT2D eigenvalue weighted by Gasteiger charge is -2.38. The molecule has 1 saturated carbocycles. The molecule has 0 spiro atoms. The van der Waals surface area contributed by atoms with Crippen LogP contribution in [0.2, 0.25) is 0 Å². The number of hydrogen-bond acceptors (Lipinski definition) is 6. The van der Waals surface area contributed by atoms with Gasteiger partial charge < -0.3 is 26.6 Å². The number of hydrogen-bond donors (Lipinski definition) is 4. The number of pyridine rings is 1. The normalized spacial score (nSPS) is 21.6. The van der Waals surface area contributed by atoms with Gasteiger partial charge in [0.25, 0.3) is 11.8 Å². The lowest BCUT2D eigenvalue weighted by Crippen LogP contribution is -2.56. The van der Waals surface area contributed by atoms with Crippen LogP contribution in [-0.4, -0.2) is 48.9 Å². The number of nitrogens with one attached hydrogen (secondary N) is 3. The number of halogens is 3. The first-order valence-electron chi connectivity index (χ1n) is 10.6. The number of rotatable bonds is 6. The first kappa shape index (κ1) is 22.8. The highest BCUT2D eigenvalue weighted by atomic mass is 19.3. The molecule has 1 aromatic heterocycles. The van der Waals surface area contributed by atoms with E-state index in [1.807, 2.05) is 0 Å². The van der Waals surface area contributed by atoms with Crippen LogP contribution in [0.15, 0.2) is 24.3 Å². The van der Waals surface area contributed by atoms with Crippen LogP contribution in [0.25, 0.3) is 0 Å². The molecule has 1 aliphatic heterocycles. The highest BCUT2D eigenvalue weighted by Gasteiger charge is 2.46. The lowest BCUT2D eigenvalue weighted by atomic mass is 9.87. The average molecular weight is 462 g/mol. The minimum Gasteiger partial charge on any atom is -0.365 e. The fourth-order valence-corrected chi connectivity index (χ4v) is 4.51. The van der Waals surface area contributed by atoms with Crippen LogP contribution in [-0.2, 0) is 11.2 Å². The van der Waals surface area contributed by atoms with E-state index in [0.29, 0.717) is 23.4 Å². The van der Waals surface area contributed by atoms with Crippen LogP contribution in [0, 0.1) is 5.82 Å². The second-order valence-corrected chi connectivity index (χ2v) is 8.31. The summed E-state index contributed by atoms with van der Waals surface area (Å²) in [6, 6.07) is 4.15. The number of alkyl halides is 2. The number of carbonyl (C=O) groups excluding carboxylic acids is 2. The van der Waals surface area contributed by atoms with E-state index in [1.54, 1.807) is 25.2 Å². The fourth-order valence-electron chi connectivity index (χ4n) is 4.51. The van der Waals surface area contributed by atoms with E-state index in [9.17, 15) is 22.8 Å². The van der Waals surface area contributed by atoms with E-state index in [4.69, 9.17) is 5.73 Å². The molecule has 4 rings (SSSR count). The maximum absolute atomic E-state index is 14.8. The Kier molecular flexibility index (Phi) is 5.91. The third-order valence-electron chi connectivity index (χ3n) is 6.23. The van der Waals surface area contributed by atoms with Crippen LogP contribution >= 0.6 is 0 Å². The number of nitrogens with zero attached hydrogens (tertiary/aromatic N) is 2. The topological polar surface area (TPSA) is 112 Å². The second kappa shape index (κ2) is 8.54. The third kappa shape index (κ3) is 4.20. The molecule has 8 nitrogen and oxygen atoms in total. The quantitative estimate of drug-likeness (QED) is 0.525. The molecule has 1 fully saturated rings. The van der Waals surface area contributed by atoms with Crippen molar-refractivity contribution < 1.29 is 22.8 Å². The minimum atomic E-state index is -2.96. The molecule has 0 radical (unpaired) electrons. The highest BCUT2D eigenvalue weighted by Crippen LogP contribution is 2.37. The molecule has 33 heavy (non-hydrogen) atoms. The largest absolute Gasteiger partial charge is 0.365 e. The Bertz CT molecular complexity index is 1110. The Morgan fingerprint density at radius 1 is 1.30 bits per heavy atom. The Hall–Kier alpha value is -3.34. The van der Waals surface area contributed by atoms with Gasteiger partial charge in [-0.3, -0.25) is 9.59 Å². The number of aromatic nitrogens is 1. The number of likely N-dealkylation sites (N-methyl/N-ethyl adjacent to an activating group) is 2. The monoisotopic (exact) mass is 462 g/mol. The van der Waals surface area contributed by atoms with Gasteiger partial charge in [0.05, 0.1) is 18.0 Å². The zero-order valence-corrected chi connectivity index (χ0v) is 18.2. The molecule has 0 saturated heterocycles. The van der Waals surface area contributed by atoms with Gasteiger partial charge >= 0.3 is 0 Å². The number of amides is 2. The van der Waals surface area contributed by atoms with Gasteiger partial charge in [0.2, 0.25) is 5.91 Å². The Balaban J connectivity index is 1.69. The molecule has 1 aliphatic carbocycles. The Morgan fingerprint density at radius 2 is 2.06 bits per heavy atom. The van der Waals surface area contributed by atoms with Crippen molar-refractivity contribution in [1.29, 1.82) is 0 Å². The predicted molar refractivity (Wildman–Crippen MR) is 119 cm³/mol.